The first-order valence-electron chi connectivity index (χ1n) is 8.33. The van der Waals surface area contributed by atoms with E-state index in [4.69, 9.17) is 27.8 Å². The van der Waals surface area contributed by atoms with E-state index in [9.17, 15) is 0 Å². The van der Waals surface area contributed by atoms with Gasteiger partial charge in [0.15, 0.2) is 13.1 Å². The van der Waals surface area contributed by atoms with Gasteiger partial charge in [0.1, 0.15) is 13.2 Å². The Bertz CT molecular complexity index is 737. The minimum Gasteiger partial charge on any atom is -0.369 e. The molecule has 1 saturated carbocycles. The Morgan fingerprint density at radius 2 is 1.80 bits per heavy atom. The maximum Gasteiger partial charge on any atom is 0.208 e. The van der Waals surface area contributed by atoms with Crippen molar-refractivity contribution in [1.29, 1.82) is 0 Å². The van der Waals surface area contributed by atoms with Crippen LogP contribution in [0.4, 0.5) is 0 Å². The van der Waals surface area contributed by atoms with Gasteiger partial charge in [-0.05, 0) is 36.6 Å². The number of nitrogens with one attached hydrogen (secondary N) is 1. The number of benzene rings is 1. The monoisotopic (exact) mass is 360 g/mol. The lowest BCUT2D eigenvalue weighted by atomic mass is 10.1. The average Bonchev–Trinajstić information content (AvgIpc) is 3.00. The van der Waals surface area contributed by atoms with E-state index in [0.29, 0.717) is 0 Å². The lowest BCUT2D eigenvalue weighted by Gasteiger charge is -2.14. The van der Waals surface area contributed by atoms with Crippen molar-refractivity contribution in [1.82, 2.24) is 5.43 Å². The summed E-state index contributed by atoms with van der Waals surface area (Å²) in [4.78, 5) is 0. The number of hydrazone groups is 1. The highest BCUT2D eigenvalue weighted by Gasteiger charge is 2.31. The van der Waals surface area contributed by atoms with Crippen LogP contribution in [0.1, 0.15) is 18.4 Å². The van der Waals surface area contributed by atoms with Gasteiger partial charge in [0, 0.05) is 22.4 Å². The molecule has 0 unspecified atom stereocenters. The van der Waals surface area contributed by atoms with E-state index in [1.54, 1.807) is 0 Å². The van der Waals surface area contributed by atoms with Crippen LogP contribution in [0.5, 0.6) is 0 Å². The number of ether oxygens (including phenoxy) is 1. The number of guanidine groups is 1. The molecule has 6 nitrogen and oxygen atoms in total. The van der Waals surface area contributed by atoms with Crippen molar-refractivity contribution < 1.29 is 9.31 Å². The highest BCUT2D eigenvalue weighted by Crippen LogP contribution is 2.29. The molecule has 1 aliphatic heterocycles. The molecule has 1 aromatic rings. The second-order valence-corrected chi connectivity index (χ2v) is 6.44. The highest BCUT2D eigenvalue weighted by molar-refractivity contribution is 6.30. The molecule has 0 spiro atoms. The number of rotatable bonds is 3. The Labute approximate surface area is 152 Å². The van der Waals surface area contributed by atoms with Crippen molar-refractivity contribution in [2.45, 2.75) is 12.8 Å². The fourth-order valence-electron chi connectivity index (χ4n) is 3.13. The topological polar surface area (TPSA) is 88.7 Å². The Kier molecular flexibility index (Phi) is 5.73. The molecule has 5 N–H and O–H groups in total. The second-order valence-electron chi connectivity index (χ2n) is 6.00. The second kappa shape index (κ2) is 8.18. The third-order valence-corrected chi connectivity index (χ3v) is 4.49. The molecule has 1 aromatic carbocycles. The maximum atomic E-state index is 5.99. The number of allylic oxidation sites excluding steroid dienone is 2. The van der Waals surface area contributed by atoms with Crippen molar-refractivity contribution in [3.05, 3.63) is 52.2 Å². The smallest absolute Gasteiger partial charge is 0.208 e. The van der Waals surface area contributed by atoms with E-state index in [1.165, 1.54) is 16.9 Å². The molecular formula is C18H23ClN5O+. The normalized spacial score (nSPS) is 21.0. The summed E-state index contributed by atoms with van der Waals surface area (Å²) in [6, 6.07) is 7.89. The Balaban J connectivity index is 1.94. The van der Waals surface area contributed by atoms with Gasteiger partial charge in [-0.15, -0.1) is 5.10 Å². The molecule has 2 fully saturated rings. The van der Waals surface area contributed by atoms with Gasteiger partial charge < -0.3 is 16.2 Å². The summed E-state index contributed by atoms with van der Waals surface area (Å²) in [6.45, 7) is 3.25. The predicted octanol–water partition coefficient (Wildman–Crippen LogP) is 1.66. The summed E-state index contributed by atoms with van der Waals surface area (Å²) in [5, 5.41) is 4.59. The zero-order chi connectivity index (χ0) is 17.6. The SMILES string of the molecule is NC(N)=NNC=C1CCC(=Cc2ccc(Cl)cc2)C1=[N+]1CCOCC1. The summed E-state index contributed by atoms with van der Waals surface area (Å²) in [6.07, 6.45) is 6.03. The summed E-state index contributed by atoms with van der Waals surface area (Å²) in [5.41, 5.74) is 18.5. The van der Waals surface area contributed by atoms with E-state index in [2.05, 4.69) is 21.2 Å². The molecule has 1 saturated heterocycles. The van der Waals surface area contributed by atoms with Crippen LogP contribution in [0, 0.1) is 0 Å². The number of hydrogen-bond acceptors (Lipinski definition) is 3. The first-order valence-corrected chi connectivity index (χ1v) is 8.71. The molecule has 0 amide bonds. The van der Waals surface area contributed by atoms with Crippen LogP contribution in [0.25, 0.3) is 6.08 Å². The standard InChI is InChI=1S/C18H22ClN5O/c19-16-5-1-13(2-6-16)11-14-3-4-15(12-22-23-18(20)21)17(14)24-7-9-25-10-8-24/h1-2,5-6,11-12H,3-4,7-10H2,(H4,20,21,23)/p+1. The first kappa shape index (κ1) is 17.5. The number of morpholine rings is 1. The predicted molar refractivity (Wildman–Crippen MR) is 102 cm³/mol. The van der Waals surface area contributed by atoms with Gasteiger partial charge in [0.05, 0.1) is 0 Å². The summed E-state index contributed by atoms with van der Waals surface area (Å²) in [5.74, 6) is 0.0136. The Hall–Kier alpha value is -2.31. The lowest BCUT2D eigenvalue weighted by Crippen LogP contribution is -2.33. The summed E-state index contributed by atoms with van der Waals surface area (Å²) < 4.78 is 7.87. The van der Waals surface area contributed by atoms with E-state index < -0.39 is 0 Å². The van der Waals surface area contributed by atoms with Crippen molar-refractivity contribution in [3.63, 3.8) is 0 Å². The number of hydrogen-bond donors (Lipinski definition) is 3. The van der Waals surface area contributed by atoms with Crippen molar-refractivity contribution in [2.75, 3.05) is 26.3 Å². The van der Waals surface area contributed by atoms with Crippen LogP contribution < -0.4 is 16.9 Å². The van der Waals surface area contributed by atoms with Crippen LogP contribution in [-0.4, -0.2) is 42.6 Å². The van der Waals surface area contributed by atoms with Gasteiger partial charge in [-0.2, -0.15) is 0 Å². The van der Waals surface area contributed by atoms with Gasteiger partial charge in [0.25, 0.3) is 0 Å². The lowest BCUT2D eigenvalue weighted by molar-refractivity contribution is -0.548. The molecule has 3 rings (SSSR count). The fraction of sp³-hybridized carbons (Fsp3) is 0.333. The third-order valence-electron chi connectivity index (χ3n) is 4.24. The van der Waals surface area contributed by atoms with Crippen molar-refractivity contribution in [3.8, 4) is 0 Å². The summed E-state index contributed by atoms with van der Waals surface area (Å²) >= 11 is 5.99. The maximum absolute atomic E-state index is 5.99. The van der Waals surface area contributed by atoms with Crippen molar-refractivity contribution in [2.24, 2.45) is 16.6 Å². The molecule has 0 atom stereocenters. The Morgan fingerprint density at radius 1 is 1.12 bits per heavy atom. The molecule has 0 radical (unpaired) electrons. The van der Waals surface area contributed by atoms with E-state index in [-0.39, 0.29) is 5.96 Å². The molecule has 0 bridgehead atoms. The first-order chi connectivity index (χ1) is 12.1. The minimum atomic E-state index is 0.0136. The van der Waals surface area contributed by atoms with E-state index >= 15 is 0 Å². The highest BCUT2D eigenvalue weighted by atomic mass is 35.5. The van der Waals surface area contributed by atoms with Gasteiger partial charge in [-0.1, -0.05) is 23.7 Å². The quantitative estimate of drug-likeness (QED) is 0.331. The molecular weight excluding hydrogens is 338 g/mol. The van der Waals surface area contributed by atoms with Crippen molar-refractivity contribution >= 4 is 29.3 Å². The van der Waals surface area contributed by atoms with E-state index in [1.807, 2.05) is 30.5 Å². The van der Waals surface area contributed by atoms with Crippen LogP contribution in [0.3, 0.4) is 0 Å². The number of halogens is 1. The third kappa shape index (κ3) is 4.61. The molecule has 2 aliphatic rings. The molecule has 132 valence electrons. The van der Waals surface area contributed by atoms with Crippen LogP contribution in [0.2, 0.25) is 5.02 Å². The molecule has 1 heterocycles. The van der Waals surface area contributed by atoms with Crippen LogP contribution >= 0.6 is 11.6 Å². The average molecular weight is 361 g/mol. The van der Waals surface area contributed by atoms with Gasteiger partial charge >= 0.3 is 0 Å². The van der Waals surface area contributed by atoms with Gasteiger partial charge in [0.2, 0.25) is 11.7 Å². The van der Waals surface area contributed by atoms with Crippen LogP contribution in [0.15, 0.2) is 46.7 Å². The Morgan fingerprint density at radius 3 is 2.48 bits per heavy atom. The molecule has 0 aromatic heterocycles. The number of nitrogens with two attached hydrogens (primary N) is 2. The largest absolute Gasteiger partial charge is 0.369 e. The number of nitrogens with zero attached hydrogens (tertiary/aromatic N) is 2. The molecule has 1 aliphatic carbocycles. The van der Waals surface area contributed by atoms with Crippen LogP contribution in [-0.2, 0) is 4.74 Å². The zero-order valence-corrected chi connectivity index (χ0v) is 14.8. The fourth-order valence-corrected chi connectivity index (χ4v) is 3.26. The van der Waals surface area contributed by atoms with Gasteiger partial charge in [-0.3, -0.25) is 5.43 Å². The zero-order valence-electron chi connectivity index (χ0n) is 14.0. The minimum absolute atomic E-state index is 0.0136. The summed E-state index contributed by atoms with van der Waals surface area (Å²) in [7, 11) is 0. The molecule has 7 heteroatoms. The van der Waals surface area contributed by atoms with Gasteiger partial charge in [-0.25, -0.2) is 4.58 Å². The van der Waals surface area contributed by atoms with E-state index in [0.717, 1.165) is 49.7 Å². The molecule has 25 heavy (non-hydrogen) atoms.